The van der Waals surface area contributed by atoms with Crippen molar-refractivity contribution in [3.63, 3.8) is 0 Å². The van der Waals surface area contributed by atoms with Gasteiger partial charge in [0.2, 0.25) is 0 Å². The van der Waals surface area contributed by atoms with Gasteiger partial charge < -0.3 is 25.8 Å². The molecule has 0 aliphatic heterocycles. The Bertz CT molecular complexity index is 628. The van der Waals surface area contributed by atoms with Gasteiger partial charge in [0.25, 0.3) is 0 Å². The zero-order valence-electron chi connectivity index (χ0n) is 13.3. The standard InChI is InChI=1S/C15H21N5O2/c1-20(2)13-14(21-3)11(16)10(12(17)15(13)22-4)7-9-5-6-18-8-19-9/h5-6,8H,7,16-17H2,1-4H3. The van der Waals surface area contributed by atoms with Crippen LogP contribution in [-0.4, -0.2) is 38.3 Å². The van der Waals surface area contributed by atoms with Crippen molar-refractivity contribution >= 4 is 17.1 Å². The van der Waals surface area contributed by atoms with Gasteiger partial charge in [0.15, 0.2) is 11.5 Å². The lowest BCUT2D eigenvalue weighted by Gasteiger charge is -2.25. The van der Waals surface area contributed by atoms with E-state index in [0.29, 0.717) is 35.0 Å². The monoisotopic (exact) mass is 303 g/mol. The van der Waals surface area contributed by atoms with Crippen LogP contribution in [0.3, 0.4) is 0 Å². The van der Waals surface area contributed by atoms with Crippen molar-refractivity contribution in [2.75, 3.05) is 44.7 Å². The molecule has 0 saturated heterocycles. The molecule has 22 heavy (non-hydrogen) atoms. The molecular weight excluding hydrogens is 282 g/mol. The molecule has 0 amide bonds. The van der Waals surface area contributed by atoms with Crippen LogP contribution in [0.25, 0.3) is 0 Å². The predicted octanol–water partition coefficient (Wildman–Crippen LogP) is 1.31. The minimum absolute atomic E-state index is 0.473. The van der Waals surface area contributed by atoms with Crippen LogP contribution in [0.5, 0.6) is 11.5 Å². The molecule has 0 atom stereocenters. The number of anilines is 3. The Morgan fingerprint density at radius 1 is 1.09 bits per heavy atom. The summed E-state index contributed by atoms with van der Waals surface area (Å²) in [7, 11) is 6.90. The van der Waals surface area contributed by atoms with Crippen LogP contribution in [-0.2, 0) is 6.42 Å². The molecule has 7 nitrogen and oxygen atoms in total. The van der Waals surface area contributed by atoms with Crippen molar-refractivity contribution in [2.45, 2.75) is 6.42 Å². The minimum atomic E-state index is 0.473. The third-order valence-electron chi connectivity index (χ3n) is 3.43. The Labute approximate surface area is 129 Å². The second-order valence-electron chi connectivity index (χ2n) is 4.99. The first-order valence-electron chi connectivity index (χ1n) is 6.75. The highest BCUT2D eigenvalue weighted by atomic mass is 16.5. The van der Waals surface area contributed by atoms with Crippen LogP contribution in [0.2, 0.25) is 0 Å². The Morgan fingerprint density at radius 3 is 2.09 bits per heavy atom. The van der Waals surface area contributed by atoms with Crippen LogP contribution < -0.4 is 25.8 Å². The minimum Gasteiger partial charge on any atom is -0.492 e. The molecule has 0 saturated carbocycles. The van der Waals surface area contributed by atoms with Gasteiger partial charge in [-0.15, -0.1) is 0 Å². The van der Waals surface area contributed by atoms with Gasteiger partial charge in [-0.25, -0.2) is 9.97 Å². The molecule has 0 spiro atoms. The second kappa shape index (κ2) is 6.38. The highest BCUT2D eigenvalue weighted by molar-refractivity contribution is 5.88. The summed E-state index contributed by atoms with van der Waals surface area (Å²) < 4.78 is 11.0. The summed E-state index contributed by atoms with van der Waals surface area (Å²) in [6.07, 6.45) is 3.64. The third-order valence-corrected chi connectivity index (χ3v) is 3.43. The van der Waals surface area contributed by atoms with E-state index in [1.807, 2.05) is 25.1 Å². The normalized spacial score (nSPS) is 10.4. The summed E-state index contributed by atoms with van der Waals surface area (Å²) in [5.74, 6) is 1.08. The van der Waals surface area contributed by atoms with E-state index < -0.39 is 0 Å². The van der Waals surface area contributed by atoms with Crippen molar-refractivity contribution < 1.29 is 9.47 Å². The summed E-state index contributed by atoms with van der Waals surface area (Å²) in [5.41, 5.74) is 15.8. The van der Waals surface area contributed by atoms with Gasteiger partial charge in [-0.2, -0.15) is 0 Å². The van der Waals surface area contributed by atoms with Crippen LogP contribution in [0.4, 0.5) is 17.1 Å². The fourth-order valence-electron chi connectivity index (χ4n) is 2.39. The molecule has 2 rings (SSSR count). The van der Waals surface area contributed by atoms with Crippen LogP contribution in [0.15, 0.2) is 18.6 Å². The average Bonchev–Trinajstić information content (AvgIpc) is 2.51. The second-order valence-corrected chi connectivity index (χ2v) is 4.99. The van der Waals surface area contributed by atoms with Crippen LogP contribution in [0.1, 0.15) is 11.3 Å². The maximum absolute atomic E-state index is 6.27. The third kappa shape index (κ3) is 2.69. The molecule has 0 radical (unpaired) electrons. The van der Waals surface area contributed by atoms with Gasteiger partial charge in [-0.3, -0.25) is 0 Å². The molecule has 7 heteroatoms. The maximum atomic E-state index is 6.27. The Hall–Kier alpha value is -2.70. The molecule has 1 heterocycles. The summed E-state index contributed by atoms with van der Waals surface area (Å²) in [4.78, 5) is 9.98. The molecular formula is C15H21N5O2. The Balaban J connectivity index is 2.64. The van der Waals surface area contributed by atoms with E-state index >= 15 is 0 Å². The van der Waals surface area contributed by atoms with E-state index in [2.05, 4.69) is 9.97 Å². The Kier molecular flexibility index (Phi) is 4.55. The molecule has 2 aromatic rings. The van der Waals surface area contributed by atoms with Gasteiger partial charge >= 0.3 is 0 Å². The highest BCUT2D eigenvalue weighted by Gasteiger charge is 2.24. The predicted molar refractivity (Wildman–Crippen MR) is 87.5 cm³/mol. The maximum Gasteiger partial charge on any atom is 0.169 e. The zero-order chi connectivity index (χ0) is 16.3. The lowest BCUT2D eigenvalue weighted by atomic mass is 10.0. The summed E-state index contributed by atoms with van der Waals surface area (Å²) in [6, 6.07) is 1.82. The van der Waals surface area contributed by atoms with E-state index in [0.717, 1.165) is 11.3 Å². The van der Waals surface area contributed by atoms with E-state index in [4.69, 9.17) is 20.9 Å². The number of nitrogens with two attached hydrogens (primary N) is 2. The molecule has 0 aliphatic rings. The van der Waals surface area contributed by atoms with Crippen molar-refractivity contribution in [1.82, 2.24) is 9.97 Å². The lowest BCUT2D eigenvalue weighted by molar-refractivity contribution is 0.397. The molecule has 1 aromatic carbocycles. The van der Waals surface area contributed by atoms with Crippen molar-refractivity contribution in [3.8, 4) is 11.5 Å². The topological polar surface area (TPSA) is 99.5 Å². The Morgan fingerprint density at radius 2 is 1.68 bits per heavy atom. The van der Waals surface area contributed by atoms with Crippen molar-refractivity contribution in [2.24, 2.45) is 0 Å². The van der Waals surface area contributed by atoms with Gasteiger partial charge in [0.05, 0.1) is 25.6 Å². The quantitative estimate of drug-likeness (QED) is 0.803. The smallest absolute Gasteiger partial charge is 0.169 e. The average molecular weight is 303 g/mol. The highest BCUT2D eigenvalue weighted by Crippen LogP contribution is 2.48. The first kappa shape index (κ1) is 15.7. The van der Waals surface area contributed by atoms with E-state index in [9.17, 15) is 0 Å². The number of nitrogen functional groups attached to an aromatic ring is 2. The first-order chi connectivity index (χ1) is 10.5. The molecule has 4 N–H and O–H groups in total. The van der Waals surface area contributed by atoms with E-state index in [1.54, 1.807) is 20.4 Å². The van der Waals surface area contributed by atoms with Gasteiger partial charge in [0.1, 0.15) is 12.0 Å². The number of hydrogen-bond donors (Lipinski definition) is 2. The number of ether oxygens (including phenoxy) is 2. The molecule has 0 unspecified atom stereocenters. The van der Waals surface area contributed by atoms with Gasteiger partial charge in [0, 0.05) is 38.0 Å². The number of benzene rings is 1. The fraction of sp³-hybridized carbons (Fsp3) is 0.333. The molecule has 1 aromatic heterocycles. The number of methoxy groups -OCH3 is 2. The molecule has 0 bridgehead atoms. The van der Waals surface area contributed by atoms with E-state index in [-0.39, 0.29) is 0 Å². The SMILES string of the molecule is COc1c(N)c(Cc2ccncn2)c(N)c(OC)c1N(C)C. The first-order valence-corrected chi connectivity index (χ1v) is 6.75. The van der Waals surface area contributed by atoms with Crippen molar-refractivity contribution in [3.05, 3.63) is 29.8 Å². The fourth-order valence-corrected chi connectivity index (χ4v) is 2.39. The lowest BCUT2D eigenvalue weighted by Crippen LogP contribution is -2.16. The number of hydrogen-bond acceptors (Lipinski definition) is 7. The largest absolute Gasteiger partial charge is 0.492 e. The van der Waals surface area contributed by atoms with Crippen LogP contribution >= 0.6 is 0 Å². The number of nitrogens with zero attached hydrogens (tertiary/aromatic N) is 3. The summed E-state index contributed by atoms with van der Waals surface area (Å²) >= 11 is 0. The zero-order valence-corrected chi connectivity index (χ0v) is 13.3. The van der Waals surface area contributed by atoms with Crippen molar-refractivity contribution in [1.29, 1.82) is 0 Å². The summed E-state index contributed by atoms with van der Waals surface area (Å²) in [5, 5.41) is 0. The summed E-state index contributed by atoms with van der Waals surface area (Å²) in [6.45, 7) is 0. The molecule has 118 valence electrons. The molecule has 0 fully saturated rings. The van der Waals surface area contributed by atoms with Gasteiger partial charge in [-0.1, -0.05) is 0 Å². The number of aromatic nitrogens is 2. The van der Waals surface area contributed by atoms with Gasteiger partial charge in [-0.05, 0) is 6.07 Å². The van der Waals surface area contributed by atoms with E-state index in [1.165, 1.54) is 6.33 Å². The number of rotatable bonds is 5. The van der Waals surface area contributed by atoms with Crippen LogP contribution in [0, 0.1) is 0 Å². The molecule has 0 aliphatic carbocycles.